The smallest absolute Gasteiger partial charge is 0.310 e. The summed E-state index contributed by atoms with van der Waals surface area (Å²) >= 11 is 0. The zero-order valence-corrected chi connectivity index (χ0v) is 13.6. The maximum absolute atomic E-state index is 12.9. The van der Waals surface area contributed by atoms with Crippen molar-refractivity contribution in [3.63, 3.8) is 0 Å². The number of carbonyl (C=O) groups is 2. The molecule has 1 aromatic carbocycles. The zero-order chi connectivity index (χ0) is 17.1. The number of ether oxygens (including phenoxy) is 1. The van der Waals surface area contributed by atoms with Crippen LogP contribution in [0.4, 0.5) is 0 Å². The van der Waals surface area contributed by atoms with Gasteiger partial charge in [-0.1, -0.05) is 18.2 Å². The van der Waals surface area contributed by atoms with E-state index in [-0.39, 0.29) is 23.4 Å². The highest BCUT2D eigenvalue weighted by atomic mass is 16.5. The predicted octanol–water partition coefficient (Wildman–Crippen LogP) is 1.94. The first-order valence-electron chi connectivity index (χ1n) is 8.18. The Morgan fingerprint density at radius 2 is 2.12 bits per heavy atom. The molecule has 6 nitrogen and oxygen atoms in total. The van der Waals surface area contributed by atoms with Gasteiger partial charge >= 0.3 is 5.97 Å². The van der Waals surface area contributed by atoms with Crippen molar-refractivity contribution in [2.24, 2.45) is 5.92 Å². The Morgan fingerprint density at radius 1 is 1.33 bits per heavy atom. The molecule has 24 heavy (non-hydrogen) atoms. The minimum absolute atomic E-state index is 0.216. The maximum Gasteiger partial charge on any atom is 0.310 e. The van der Waals surface area contributed by atoms with Crippen LogP contribution < -0.4 is 5.56 Å². The number of fused-ring (bicyclic) bond motifs is 1. The predicted molar refractivity (Wildman–Crippen MR) is 89.8 cm³/mol. The Hall–Kier alpha value is -2.63. The van der Waals surface area contributed by atoms with E-state index in [9.17, 15) is 14.4 Å². The quantitative estimate of drug-likeness (QED) is 0.873. The SMILES string of the molecule is CCOC(=O)[C@@H]1CCCN(C(=O)c2cc(=O)[nH]c3ccccc23)C1. The fourth-order valence-electron chi connectivity index (χ4n) is 3.17. The summed E-state index contributed by atoms with van der Waals surface area (Å²) in [6.45, 7) is 3.02. The van der Waals surface area contributed by atoms with E-state index in [2.05, 4.69) is 4.98 Å². The molecule has 0 aliphatic carbocycles. The molecule has 0 saturated carbocycles. The van der Waals surface area contributed by atoms with E-state index >= 15 is 0 Å². The number of likely N-dealkylation sites (tertiary alicyclic amines) is 1. The summed E-state index contributed by atoms with van der Waals surface area (Å²) in [7, 11) is 0. The second-order valence-corrected chi connectivity index (χ2v) is 5.94. The molecule has 0 radical (unpaired) electrons. The van der Waals surface area contributed by atoms with Gasteiger partial charge in [0.05, 0.1) is 18.1 Å². The van der Waals surface area contributed by atoms with Crippen LogP contribution in [0.5, 0.6) is 0 Å². The molecule has 1 amide bonds. The van der Waals surface area contributed by atoms with Crippen LogP contribution in [0.2, 0.25) is 0 Å². The van der Waals surface area contributed by atoms with Gasteiger partial charge in [0.1, 0.15) is 0 Å². The average molecular weight is 328 g/mol. The molecule has 2 heterocycles. The number of benzene rings is 1. The summed E-state index contributed by atoms with van der Waals surface area (Å²) in [4.78, 5) is 41.1. The van der Waals surface area contributed by atoms with Crippen LogP contribution in [0.25, 0.3) is 10.9 Å². The highest BCUT2D eigenvalue weighted by molar-refractivity contribution is 6.06. The monoisotopic (exact) mass is 328 g/mol. The van der Waals surface area contributed by atoms with E-state index in [1.807, 2.05) is 18.2 Å². The number of nitrogens with one attached hydrogen (secondary N) is 1. The number of hydrogen-bond acceptors (Lipinski definition) is 4. The number of hydrogen-bond donors (Lipinski definition) is 1. The number of rotatable bonds is 3. The van der Waals surface area contributed by atoms with Crippen molar-refractivity contribution in [3.05, 3.63) is 46.2 Å². The number of esters is 1. The van der Waals surface area contributed by atoms with Crippen molar-refractivity contribution < 1.29 is 14.3 Å². The number of piperidine rings is 1. The molecule has 126 valence electrons. The van der Waals surface area contributed by atoms with Gasteiger partial charge in [-0.3, -0.25) is 14.4 Å². The largest absolute Gasteiger partial charge is 0.466 e. The number of nitrogens with zero attached hydrogens (tertiary/aromatic N) is 1. The van der Waals surface area contributed by atoms with Gasteiger partial charge in [0.15, 0.2) is 0 Å². The lowest BCUT2D eigenvalue weighted by Gasteiger charge is -2.31. The fraction of sp³-hybridized carbons (Fsp3) is 0.389. The summed E-state index contributed by atoms with van der Waals surface area (Å²) < 4.78 is 5.07. The number of aromatic amines is 1. The summed E-state index contributed by atoms with van der Waals surface area (Å²) in [5.41, 5.74) is 0.696. The van der Waals surface area contributed by atoms with Crippen molar-refractivity contribution in [2.45, 2.75) is 19.8 Å². The van der Waals surface area contributed by atoms with Gasteiger partial charge in [0.25, 0.3) is 5.91 Å². The maximum atomic E-state index is 12.9. The molecule has 1 saturated heterocycles. The highest BCUT2D eigenvalue weighted by Gasteiger charge is 2.30. The Balaban J connectivity index is 1.89. The summed E-state index contributed by atoms with van der Waals surface area (Å²) in [6, 6.07) is 8.55. The lowest BCUT2D eigenvalue weighted by Crippen LogP contribution is -2.43. The van der Waals surface area contributed by atoms with E-state index in [1.54, 1.807) is 17.9 Å². The first kappa shape index (κ1) is 16.2. The minimum Gasteiger partial charge on any atom is -0.466 e. The Kier molecular flexibility index (Phi) is 4.64. The second kappa shape index (κ2) is 6.86. The number of aromatic nitrogens is 1. The van der Waals surface area contributed by atoms with E-state index in [1.165, 1.54) is 6.07 Å². The molecule has 1 atom stereocenters. The van der Waals surface area contributed by atoms with E-state index in [0.29, 0.717) is 36.2 Å². The van der Waals surface area contributed by atoms with Crippen molar-refractivity contribution in [1.82, 2.24) is 9.88 Å². The molecular formula is C18H20N2O4. The molecule has 1 N–H and O–H groups in total. The van der Waals surface area contributed by atoms with Gasteiger partial charge < -0.3 is 14.6 Å². The van der Waals surface area contributed by atoms with Gasteiger partial charge in [-0.05, 0) is 25.8 Å². The van der Waals surface area contributed by atoms with Crippen LogP contribution >= 0.6 is 0 Å². The van der Waals surface area contributed by atoms with E-state index in [4.69, 9.17) is 4.74 Å². The summed E-state index contributed by atoms with van der Waals surface area (Å²) in [6.07, 6.45) is 1.47. The average Bonchev–Trinajstić information content (AvgIpc) is 2.60. The highest BCUT2D eigenvalue weighted by Crippen LogP contribution is 2.22. The number of pyridine rings is 1. The van der Waals surface area contributed by atoms with Crippen LogP contribution in [-0.2, 0) is 9.53 Å². The van der Waals surface area contributed by atoms with Crippen molar-refractivity contribution in [1.29, 1.82) is 0 Å². The van der Waals surface area contributed by atoms with E-state index in [0.717, 1.165) is 12.8 Å². The molecule has 1 fully saturated rings. The van der Waals surface area contributed by atoms with Crippen molar-refractivity contribution >= 4 is 22.8 Å². The van der Waals surface area contributed by atoms with Crippen molar-refractivity contribution in [3.8, 4) is 0 Å². The summed E-state index contributed by atoms with van der Waals surface area (Å²) in [5, 5.41) is 0.709. The molecule has 3 rings (SSSR count). The first-order valence-corrected chi connectivity index (χ1v) is 8.18. The van der Waals surface area contributed by atoms with Gasteiger partial charge in [-0.25, -0.2) is 0 Å². The molecule has 0 bridgehead atoms. The molecule has 6 heteroatoms. The molecule has 0 unspecified atom stereocenters. The van der Waals surface area contributed by atoms with Gasteiger partial charge in [-0.2, -0.15) is 0 Å². The molecule has 0 spiro atoms. The third-order valence-corrected chi connectivity index (χ3v) is 4.31. The van der Waals surface area contributed by atoms with Crippen LogP contribution in [0.1, 0.15) is 30.1 Å². The Bertz CT molecular complexity index is 827. The van der Waals surface area contributed by atoms with Crippen molar-refractivity contribution in [2.75, 3.05) is 19.7 Å². The molecule has 1 aliphatic heterocycles. The van der Waals surface area contributed by atoms with Gasteiger partial charge in [0.2, 0.25) is 5.56 Å². The van der Waals surface area contributed by atoms with Crippen LogP contribution in [0.15, 0.2) is 35.1 Å². The molecule has 2 aromatic rings. The van der Waals surface area contributed by atoms with Crippen LogP contribution in [-0.4, -0.2) is 41.5 Å². The third-order valence-electron chi connectivity index (χ3n) is 4.31. The molecule has 1 aliphatic rings. The topological polar surface area (TPSA) is 79.5 Å². The second-order valence-electron chi connectivity index (χ2n) is 5.94. The number of para-hydroxylation sites is 1. The van der Waals surface area contributed by atoms with Gasteiger partial charge in [0, 0.05) is 30.1 Å². The Morgan fingerprint density at radius 3 is 2.92 bits per heavy atom. The van der Waals surface area contributed by atoms with Crippen LogP contribution in [0.3, 0.4) is 0 Å². The number of H-pyrrole nitrogens is 1. The van der Waals surface area contributed by atoms with E-state index < -0.39 is 0 Å². The first-order chi connectivity index (χ1) is 11.6. The fourth-order valence-corrected chi connectivity index (χ4v) is 3.17. The standard InChI is InChI=1S/C18H20N2O4/c1-2-24-18(23)12-6-5-9-20(11-12)17(22)14-10-16(21)19-15-8-4-3-7-13(14)15/h3-4,7-8,10,12H,2,5-6,9,11H2,1H3,(H,19,21)/t12-/m1/s1. The minimum atomic E-state index is -0.309. The zero-order valence-electron chi connectivity index (χ0n) is 13.6. The number of amides is 1. The number of carbonyl (C=O) groups excluding carboxylic acids is 2. The molecular weight excluding hydrogens is 308 g/mol. The molecule has 1 aromatic heterocycles. The summed E-state index contributed by atoms with van der Waals surface area (Å²) in [5.74, 6) is -0.770. The van der Waals surface area contributed by atoms with Gasteiger partial charge in [-0.15, -0.1) is 0 Å². The normalized spacial score (nSPS) is 17.7. The lowest BCUT2D eigenvalue weighted by atomic mass is 9.97. The lowest BCUT2D eigenvalue weighted by molar-refractivity contribution is -0.149. The Labute approximate surface area is 139 Å². The third kappa shape index (κ3) is 3.18. The van der Waals surface area contributed by atoms with Crippen LogP contribution in [0, 0.1) is 5.92 Å².